The Morgan fingerprint density at radius 1 is 0.842 bits per heavy atom. The molecular weight excluding hydrogens is 274 g/mol. The van der Waals surface area contributed by atoms with Gasteiger partial charge in [0.15, 0.2) is 0 Å². The van der Waals surface area contributed by atoms with Crippen molar-refractivity contribution in [2.24, 2.45) is 5.84 Å². The summed E-state index contributed by atoms with van der Waals surface area (Å²) < 4.78 is 5.19. The molecule has 5 N–H and O–H groups in total. The molecule has 4 rings (SSSR count). The monoisotopic (exact) mass is 285 g/mol. The van der Waals surface area contributed by atoms with Gasteiger partial charge in [-0.3, -0.25) is 5.84 Å². The quantitative estimate of drug-likeness (QED) is 0.280. The summed E-state index contributed by atoms with van der Waals surface area (Å²) in [4.78, 5) is 0. The van der Waals surface area contributed by atoms with Crippen LogP contribution in [-0.4, -0.2) is 0 Å². The lowest BCUT2D eigenvalue weighted by atomic mass is 10.2. The number of nitrogen functional groups attached to an aromatic ring is 2. The highest BCUT2D eigenvalue weighted by Crippen LogP contribution is 2.44. The van der Waals surface area contributed by atoms with E-state index in [0.717, 1.165) is 11.4 Å². The Kier molecular flexibility index (Phi) is 2.23. The predicted molar refractivity (Wildman–Crippen MR) is 86.9 cm³/mol. The number of thiophene rings is 2. The summed E-state index contributed by atoms with van der Waals surface area (Å²) in [5.74, 6) is 5.46. The fourth-order valence-electron chi connectivity index (χ4n) is 2.36. The summed E-state index contributed by atoms with van der Waals surface area (Å²) in [5.41, 5.74) is 10.3. The first kappa shape index (κ1) is 11.0. The molecule has 0 atom stereocenters. The Bertz CT molecular complexity index is 921. The molecule has 0 fully saturated rings. The molecule has 0 unspecified atom stereocenters. The third-order valence-corrected chi connectivity index (χ3v) is 5.77. The van der Waals surface area contributed by atoms with Gasteiger partial charge in [0.25, 0.3) is 0 Å². The van der Waals surface area contributed by atoms with E-state index in [4.69, 9.17) is 11.6 Å². The van der Waals surface area contributed by atoms with E-state index in [1.807, 2.05) is 29.5 Å². The van der Waals surface area contributed by atoms with Gasteiger partial charge in [-0.15, -0.1) is 22.7 Å². The number of nitrogens with two attached hydrogens (primary N) is 2. The fourth-order valence-corrected chi connectivity index (χ4v) is 5.10. The highest BCUT2D eigenvalue weighted by Gasteiger charge is 2.12. The van der Waals surface area contributed by atoms with Crippen molar-refractivity contribution < 1.29 is 0 Å². The Morgan fingerprint density at radius 2 is 1.47 bits per heavy atom. The van der Waals surface area contributed by atoms with Gasteiger partial charge >= 0.3 is 0 Å². The second-order valence-electron chi connectivity index (χ2n) is 4.47. The summed E-state index contributed by atoms with van der Waals surface area (Å²) in [6.45, 7) is 0. The van der Waals surface area contributed by atoms with Gasteiger partial charge in [-0.1, -0.05) is 6.07 Å². The predicted octanol–water partition coefficient (Wildman–Crippen LogP) is 4.14. The fraction of sp³-hybridized carbons (Fsp3) is 0. The van der Waals surface area contributed by atoms with Gasteiger partial charge in [-0.05, 0) is 30.3 Å². The van der Waals surface area contributed by atoms with Crippen molar-refractivity contribution in [3.05, 3.63) is 36.4 Å². The third kappa shape index (κ3) is 1.53. The topological polar surface area (TPSA) is 64.1 Å². The summed E-state index contributed by atoms with van der Waals surface area (Å²) in [5, 5.41) is 2.58. The molecule has 19 heavy (non-hydrogen) atoms. The molecular formula is C14H11N3S2. The number of hydrazine groups is 1. The van der Waals surface area contributed by atoms with Gasteiger partial charge in [-0.2, -0.15) is 0 Å². The minimum absolute atomic E-state index is 0.820. The number of nitrogens with one attached hydrogen (secondary N) is 1. The molecule has 0 saturated heterocycles. The number of rotatable bonds is 1. The van der Waals surface area contributed by atoms with Crippen molar-refractivity contribution in [2.75, 3.05) is 11.2 Å². The summed E-state index contributed by atoms with van der Waals surface area (Å²) in [6, 6.07) is 12.4. The number of fused-ring (bicyclic) bond motifs is 5. The molecule has 0 aliphatic carbocycles. The van der Waals surface area contributed by atoms with Crippen molar-refractivity contribution in [2.45, 2.75) is 0 Å². The second-order valence-corrected chi connectivity index (χ2v) is 6.58. The molecule has 5 heteroatoms. The molecule has 0 aliphatic rings. The van der Waals surface area contributed by atoms with E-state index >= 15 is 0 Å². The lowest BCUT2D eigenvalue weighted by Crippen LogP contribution is -2.05. The minimum atomic E-state index is 0.820. The zero-order chi connectivity index (χ0) is 13.0. The summed E-state index contributed by atoms with van der Waals surface area (Å²) >= 11 is 3.61. The van der Waals surface area contributed by atoms with E-state index in [2.05, 4.69) is 23.6 Å². The second kappa shape index (κ2) is 3.84. The largest absolute Gasteiger partial charge is 0.399 e. The molecule has 2 aromatic heterocycles. The molecule has 2 heterocycles. The molecule has 0 bridgehead atoms. The number of benzene rings is 2. The van der Waals surface area contributed by atoms with Crippen LogP contribution in [0.4, 0.5) is 11.4 Å². The van der Waals surface area contributed by atoms with E-state index in [-0.39, 0.29) is 0 Å². The van der Waals surface area contributed by atoms with Crippen molar-refractivity contribution in [3.63, 3.8) is 0 Å². The molecule has 0 spiro atoms. The van der Waals surface area contributed by atoms with Crippen LogP contribution in [0.5, 0.6) is 0 Å². The maximum atomic E-state index is 5.85. The van der Waals surface area contributed by atoms with E-state index in [1.165, 1.54) is 29.6 Å². The van der Waals surface area contributed by atoms with Crippen LogP contribution in [0.1, 0.15) is 0 Å². The minimum Gasteiger partial charge on any atom is -0.399 e. The third-order valence-electron chi connectivity index (χ3n) is 3.27. The smallest absolute Gasteiger partial charge is 0.0542 e. The Balaban J connectivity index is 2.15. The SMILES string of the molecule is NNc1ccc2c(c1)sc1c3ccc(N)cc3sc21. The van der Waals surface area contributed by atoms with Crippen LogP contribution in [0.2, 0.25) is 0 Å². The lowest BCUT2D eigenvalue weighted by Gasteiger charge is -1.98. The molecule has 3 nitrogen and oxygen atoms in total. The molecule has 4 aromatic rings. The average molecular weight is 285 g/mol. The Labute approximate surface area is 117 Å². The van der Waals surface area contributed by atoms with Gasteiger partial charge in [-0.25, -0.2) is 0 Å². The lowest BCUT2D eigenvalue weighted by molar-refractivity contribution is 1.36. The van der Waals surface area contributed by atoms with Crippen LogP contribution in [-0.2, 0) is 0 Å². The highest BCUT2D eigenvalue weighted by atomic mass is 32.1. The van der Waals surface area contributed by atoms with Crippen LogP contribution >= 0.6 is 22.7 Å². The molecule has 2 aromatic carbocycles. The summed E-state index contributed by atoms with van der Waals surface area (Å²) in [7, 11) is 0. The number of hydrogen-bond donors (Lipinski definition) is 3. The van der Waals surface area contributed by atoms with Gasteiger partial charge < -0.3 is 11.2 Å². The van der Waals surface area contributed by atoms with E-state index in [1.54, 1.807) is 11.3 Å². The molecule has 0 radical (unpaired) electrons. The van der Waals surface area contributed by atoms with E-state index < -0.39 is 0 Å². The molecule has 0 saturated carbocycles. The molecule has 94 valence electrons. The van der Waals surface area contributed by atoms with Crippen LogP contribution in [0.15, 0.2) is 36.4 Å². The maximum absolute atomic E-state index is 5.85. The average Bonchev–Trinajstić information content (AvgIpc) is 2.92. The molecule has 0 amide bonds. The Morgan fingerprint density at radius 3 is 2.16 bits per heavy atom. The van der Waals surface area contributed by atoms with E-state index in [9.17, 15) is 0 Å². The van der Waals surface area contributed by atoms with Crippen LogP contribution in [0.25, 0.3) is 29.6 Å². The van der Waals surface area contributed by atoms with E-state index in [0.29, 0.717) is 0 Å². The van der Waals surface area contributed by atoms with Gasteiger partial charge in [0.1, 0.15) is 0 Å². The summed E-state index contributed by atoms with van der Waals surface area (Å²) in [6.07, 6.45) is 0. The number of hydrogen-bond acceptors (Lipinski definition) is 5. The number of anilines is 2. The standard InChI is InChI=1S/C14H11N3S2/c15-7-1-3-9-11(5-7)18-14-10-4-2-8(17-16)6-12(10)19-13(9)14/h1-6,17H,15-16H2. The van der Waals surface area contributed by atoms with Crippen molar-refractivity contribution in [1.82, 2.24) is 0 Å². The highest BCUT2D eigenvalue weighted by molar-refractivity contribution is 7.36. The first-order chi connectivity index (χ1) is 9.26. The first-order valence-corrected chi connectivity index (χ1v) is 7.50. The Hall–Kier alpha value is -1.82. The van der Waals surface area contributed by atoms with Crippen LogP contribution in [0, 0.1) is 0 Å². The maximum Gasteiger partial charge on any atom is 0.0542 e. The van der Waals surface area contributed by atoms with Crippen molar-refractivity contribution in [3.8, 4) is 0 Å². The normalized spacial score (nSPS) is 11.6. The van der Waals surface area contributed by atoms with Crippen LogP contribution in [0.3, 0.4) is 0 Å². The zero-order valence-corrected chi connectivity index (χ0v) is 11.6. The van der Waals surface area contributed by atoms with Gasteiger partial charge in [0, 0.05) is 31.5 Å². The first-order valence-electron chi connectivity index (χ1n) is 5.87. The van der Waals surface area contributed by atoms with Gasteiger partial charge in [0.2, 0.25) is 0 Å². The van der Waals surface area contributed by atoms with Gasteiger partial charge in [0.05, 0.1) is 9.40 Å². The molecule has 0 aliphatic heterocycles. The zero-order valence-electron chi connectivity index (χ0n) is 9.94. The van der Waals surface area contributed by atoms with Crippen molar-refractivity contribution >= 4 is 63.6 Å². The van der Waals surface area contributed by atoms with Crippen molar-refractivity contribution in [1.29, 1.82) is 0 Å². The van der Waals surface area contributed by atoms with Crippen LogP contribution < -0.4 is 17.0 Å².